The van der Waals surface area contributed by atoms with E-state index in [-0.39, 0.29) is 11.5 Å². The summed E-state index contributed by atoms with van der Waals surface area (Å²) in [6.07, 6.45) is 0. The van der Waals surface area contributed by atoms with E-state index in [1.54, 1.807) is 12.1 Å². The Hall–Kier alpha value is -2.07. The monoisotopic (exact) mass is 304 g/mol. The molecule has 1 aromatic carbocycles. The Labute approximate surface area is 128 Å². The topological polar surface area (TPSA) is 62.2 Å². The number of aromatic carboxylic acids is 1. The lowest BCUT2D eigenvalue weighted by atomic mass is 10.1. The minimum Gasteiger partial charge on any atom is -0.478 e. The van der Waals surface area contributed by atoms with E-state index in [0.29, 0.717) is 10.8 Å². The predicted octanol–water partition coefficient (Wildman–Crippen LogP) is 4.61. The van der Waals surface area contributed by atoms with E-state index >= 15 is 0 Å². The van der Waals surface area contributed by atoms with Gasteiger partial charge in [0.25, 0.3) is 0 Å². The fourth-order valence-electron chi connectivity index (χ4n) is 1.85. The van der Waals surface area contributed by atoms with Crippen molar-refractivity contribution in [3.05, 3.63) is 52.2 Å². The van der Waals surface area contributed by atoms with Crippen LogP contribution in [0.2, 0.25) is 5.02 Å². The fourth-order valence-corrected chi connectivity index (χ4v) is 2.03. The molecule has 1 aromatic heterocycles. The zero-order valence-electron chi connectivity index (χ0n) is 12.1. The molecule has 2 aromatic rings. The third kappa shape index (κ3) is 3.73. The van der Waals surface area contributed by atoms with Crippen LogP contribution in [0.1, 0.15) is 41.4 Å². The van der Waals surface area contributed by atoms with Crippen molar-refractivity contribution >= 4 is 29.1 Å². The minimum absolute atomic E-state index is 0.145. The Kier molecular flexibility index (Phi) is 4.48. The van der Waals surface area contributed by atoms with E-state index in [0.717, 1.165) is 16.9 Å². The zero-order chi connectivity index (χ0) is 15.6. The summed E-state index contributed by atoms with van der Waals surface area (Å²) in [6.45, 7) is 5.87. The maximum atomic E-state index is 11.2. The van der Waals surface area contributed by atoms with Crippen LogP contribution in [0, 0.1) is 6.92 Å². The van der Waals surface area contributed by atoms with Gasteiger partial charge < -0.3 is 10.4 Å². The Morgan fingerprint density at radius 1 is 1.29 bits per heavy atom. The summed E-state index contributed by atoms with van der Waals surface area (Å²) in [6, 6.07) is 8.68. The summed E-state index contributed by atoms with van der Waals surface area (Å²) in [7, 11) is 0. The molecule has 0 aliphatic carbocycles. The highest BCUT2D eigenvalue weighted by atomic mass is 35.5. The van der Waals surface area contributed by atoms with Gasteiger partial charge in [-0.15, -0.1) is 0 Å². The van der Waals surface area contributed by atoms with Gasteiger partial charge in [-0.3, -0.25) is 0 Å². The van der Waals surface area contributed by atoms with Crippen LogP contribution in [0.25, 0.3) is 0 Å². The molecular formula is C16H17ClN2O2. The van der Waals surface area contributed by atoms with E-state index in [9.17, 15) is 9.90 Å². The molecule has 1 heterocycles. The SMILES string of the molecule is Cc1ccc(Nc2cc(C(=O)O)cc(C(C)C)n2)cc1Cl. The van der Waals surface area contributed by atoms with E-state index in [1.165, 1.54) is 6.07 Å². The van der Waals surface area contributed by atoms with Gasteiger partial charge in [0.2, 0.25) is 0 Å². The number of halogens is 1. The van der Waals surface area contributed by atoms with Crippen LogP contribution in [-0.4, -0.2) is 16.1 Å². The van der Waals surface area contributed by atoms with Crippen LogP contribution in [0.5, 0.6) is 0 Å². The lowest BCUT2D eigenvalue weighted by molar-refractivity contribution is 0.0696. The second-order valence-corrected chi connectivity index (χ2v) is 5.62. The van der Waals surface area contributed by atoms with E-state index in [2.05, 4.69) is 10.3 Å². The van der Waals surface area contributed by atoms with Crippen LogP contribution in [0.15, 0.2) is 30.3 Å². The quantitative estimate of drug-likeness (QED) is 0.866. The highest BCUT2D eigenvalue weighted by molar-refractivity contribution is 6.31. The molecule has 2 rings (SSSR count). The molecular weight excluding hydrogens is 288 g/mol. The predicted molar refractivity (Wildman–Crippen MR) is 84.8 cm³/mol. The first kappa shape index (κ1) is 15.3. The number of nitrogens with zero attached hydrogens (tertiary/aromatic N) is 1. The molecule has 0 fully saturated rings. The number of carboxylic acids is 1. The van der Waals surface area contributed by atoms with Gasteiger partial charge in [0.05, 0.1) is 5.56 Å². The second-order valence-electron chi connectivity index (χ2n) is 5.21. The van der Waals surface area contributed by atoms with Crippen molar-refractivity contribution < 1.29 is 9.90 Å². The average molecular weight is 305 g/mol. The van der Waals surface area contributed by atoms with Crippen molar-refractivity contribution in [1.29, 1.82) is 0 Å². The van der Waals surface area contributed by atoms with Gasteiger partial charge >= 0.3 is 5.97 Å². The number of pyridine rings is 1. The molecule has 0 spiro atoms. The van der Waals surface area contributed by atoms with Crippen molar-refractivity contribution in [3.63, 3.8) is 0 Å². The van der Waals surface area contributed by atoms with E-state index < -0.39 is 5.97 Å². The molecule has 0 bridgehead atoms. The fraction of sp³-hybridized carbons (Fsp3) is 0.250. The van der Waals surface area contributed by atoms with Crippen LogP contribution in [-0.2, 0) is 0 Å². The lowest BCUT2D eigenvalue weighted by Gasteiger charge is -2.12. The van der Waals surface area contributed by atoms with Gasteiger partial charge in [-0.1, -0.05) is 31.5 Å². The molecule has 2 N–H and O–H groups in total. The van der Waals surface area contributed by atoms with Gasteiger partial charge in [-0.2, -0.15) is 0 Å². The molecule has 0 unspecified atom stereocenters. The number of nitrogens with one attached hydrogen (secondary N) is 1. The molecule has 0 radical (unpaired) electrons. The summed E-state index contributed by atoms with van der Waals surface area (Å²) in [5, 5.41) is 12.9. The highest BCUT2D eigenvalue weighted by Gasteiger charge is 2.11. The number of carbonyl (C=O) groups is 1. The summed E-state index contributed by atoms with van der Waals surface area (Å²) in [5.41, 5.74) is 2.71. The molecule has 110 valence electrons. The standard InChI is InChI=1S/C16H17ClN2O2/c1-9(2)14-6-11(16(20)21)7-15(19-14)18-12-5-4-10(3)13(17)8-12/h4-9H,1-3H3,(H,18,19)(H,20,21). The number of hydrogen-bond donors (Lipinski definition) is 2. The Morgan fingerprint density at radius 3 is 2.57 bits per heavy atom. The summed E-state index contributed by atoms with van der Waals surface area (Å²) < 4.78 is 0. The lowest BCUT2D eigenvalue weighted by Crippen LogP contribution is -2.04. The molecule has 0 atom stereocenters. The number of hydrogen-bond acceptors (Lipinski definition) is 3. The third-order valence-corrected chi connectivity index (χ3v) is 3.54. The number of rotatable bonds is 4. The van der Waals surface area contributed by atoms with E-state index in [1.807, 2.05) is 32.9 Å². The Morgan fingerprint density at radius 2 is 2.00 bits per heavy atom. The van der Waals surface area contributed by atoms with Gasteiger partial charge in [0.15, 0.2) is 0 Å². The van der Waals surface area contributed by atoms with Gasteiger partial charge in [0.1, 0.15) is 5.82 Å². The summed E-state index contributed by atoms with van der Waals surface area (Å²) >= 11 is 6.09. The molecule has 4 nitrogen and oxygen atoms in total. The second kappa shape index (κ2) is 6.14. The van der Waals surface area contributed by atoms with Crippen LogP contribution < -0.4 is 5.32 Å². The first-order valence-corrected chi connectivity index (χ1v) is 7.03. The van der Waals surface area contributed by atoms with Crippen molar-refractivity contribution in [2.45, 2.75) is 26.7 Å². The number of aryl methyl sites for hydroxylation is 1. The van der Waals surface area contributed by atoms with Gasteiger partial charge in [0, 0.05) is 16.4 Å². The van der Waals surface area contributed by atoms with Gasteiger partial charge in [-0.05, 0) is 42.7 Å². The Bertz CT molecular complexity index is 684. The van der Waals surface area contributed by atoms with Crippen molar-refractivity contribution in [2.24, 2.45) is 0 Å². The normalized spacial score (nSPS) is 10.7. The maximum absolute atomic E-state index is 11.2. The number of benzene rings is 1. The molecule has 21 heavy (non-hydrogen) atoms. The molecule has 0 saturated carbocycles. The van der Waals surface area contributed by atoms with Crippen LogP contribution >= 0.6 is 11.6 Å². The van der Waals surface area contributed by atoms with Gasteiger partial charge in [-0.25, -0.2) is 9.78 Å². The summed E-state index contributed by atoms with van der Waals surface area (Å²) in [5.74, 6) is -0.325. The largest absolute Gasteiger partial charge is 0.478 e. The van der Waals surface area contributed by atoms with Crippen LogP contribution in [0.3, 0.4) is 0 Å². The minimum atomic E-state index is -0.968. The number of carboxylic acid groups (broad SMARTS) is 1. The summed E-state index contributed by atoms with van der Waals surface area (Å²) in [4.78, 5) is 15.6. The molecule has 0 saturated heterocycles. The molecule has 0 aliphatic rings. The number of anilines is 2. The zero-order valence-corrected chi connectivity index (χ0v) is 12.9. The van der Waals surface area contributed by atoms with E-state index in [4.69, 9.17) is 11.6 Å². The Balaban J connectivity index is 2.38. The van der Waals surface area contributed by atoms with Crippen molar-refractivity contribution in [1.82, 2.24) is 4.98 Å². The average Bonchev–Trinajstić information content (AvgIpc) is 2.42. The molecule has 0 aliphatic heterocycles. The number of aromatic nitrogens is 1. The first-order valence-electron chi connectivity index (χ1n) is 6.65. The maximum Gasteiger partial charge on any atom is 0.335 e. The molecule has 0 amide bonds. The smallest absolute Gasteiger partial charge is 0.335 e. The third-order valence-electron chi connectivity index (χ3n) is 3.13. The van der Waals surface area contributed by atoms with Crippen LogP contribution in [0.4, 0.5) is 11.5 Å². The molecule has 5 heteroatoms. The van der Waals surface area contributed by atoms with Crippen molar-refractivity contribution in [3.8, 4) is 0 Å². The highest BCUT2D eigenvalue weighted by Crippen LogP contribution is 2.24. The van der Waals surface area contributed by atoms with Crippen molar-refractivity contribution in [2.75, 3.05) is 5.32 Å². The first-order chi connectivity index (χ1) is 9.86.